The molecular formula is C23H22N3O+. The Kier molecular flexibility index (Phi) is 3.38. The van der Waals surface area contributed by atoms with Crippen LogP contribution in [0, 0.1) is 6.92 Å². The largest absolute Gasteiger partial charge is 0.437 e. The predicted molar refractivity (Wildman–Crippen MR) is 109 cm³/mol. The van der Waals surface area contributed by atoms with Crippen LogP contribution in [0.1, 0.15) is 25.5 Å². The molecule has 134 valence electrons. The zero-order chi connectivity index (χ0) is 18.7. The van der Waals surface area contributed by atoms with Crippen molar-refractivity contribution < 1.29 is 8.98 Å². The van der Waals surface area contributed by atoms with Crippen molar-refractivity contribution in [2.24, 2.45) is 7.05 Å². The van der Waals surface area contributed by atoms with Gasteiger partial charge in [0.05, 0.1) is 13.1 Å². The molecule has 0 saturated heterocycles. The van der Waals surface area contributed by atoms with E-state index < -0.39 is 0 Å². The fourth-order valence-corrected chi connectivity index (χ4v) is 4.20. The molecule has 0 aliphatic rings. The molecule has 0 atom stereocenters. The van der Waals surface area contributed by atoms with E-state index in [-0.39, 0.29) is 0 Å². The molecule has 0 fully saturated rings. The number of rotatable bonds is 2. The molecule has 4 heteroatoms. The zero-order valence-electron chi connectivity index (χ0n) is 16.0. The number of benzene rings is 2. The average molecular weight is 356 g/mol. The number of furan rings is 1. The molecule has 5 aromatic rings. The van der Waals surface area contributed by atoms with Crippen molar-refractivity contribution in [2.45, 2.75) is 26.8 Å². The fraction of sp³-hybridized carbons (Fsp3) is 0.217. The molecule has 0 spiro atoms. The first-order valence-corrected chi connectivity index (χ1v) is 9.34. The highest BCUT2D eigenvalue weighted by Crippen LogP contribution is 2.38. The maximum absolute atomic E-state index is 6.27. The van der Waals surface area contributed by atoms with E-state index in [1.165, 1.54) is 16.6 Å². The van der Waals surface area contributed by atoms with Crippen LogP contribution in [0.25, 0.3) is 44.5 Å². The highest BCUT2D eigenvalue weighted by Gasteiger charge is 2.30. The van der Waals surface area contributed by atoms with Gasteiger partial charge in [0.1, 0.15) is 5.56 Å². The minimum Gasteiger partial charge on any atom is -0.437 e. The van der Waals surface area contributed by atoms with Crippen LogP contribution < -0.4 is 4.57 Å². The minimum absolute atomic E-state index is 0.322. The number of nitrogens with zero attached hydrogens (tertiary/aromatic N) is 3. The van der Waals surface area contributed by atoms with E-state index in [9.17, 15) is 0 Å². The molecule has 0 unspecified atom stereocenters. The lowest BCUT2D eigenvalue weighted by Gasteiger charge is -2.09. The quantitative estimate of drug-likeness (QED) is 0.401. The molecule has 3 heterocycles. The molecule has 0 radical (unpaired) electrons. The number of hydrogen-bond donors (Lipinski definition) is 0. The van der Waals surface area contributed by atoms with Crippen LogP contribution in [0.5, 0.6) is 0 Å². The van der Waals surface area contributed by atoms with Crippen LogP contribution in [0.15, 0.2) is 59.1 Å². The molecule has 27 heavy (non-hydrogen) atoms. The normalized spacial score (nSPS) is 12.0. The van der Waals surface area contributed by atoms with Crippen molar-refractivity contribution in [3.8, 4) is 11.4 Å². The molecule has 0 saturated carbocycles. The van der Waals surface area contributed by atoms with E-state index >= 15 is 0 Å². The monoisotopic (exact) mass is 356 g/mol. The topological polar surface area (TPSA) is 34.8 Å². The second-order valence-electron chi connectivity index (χ2n) is 7.43. The minimum atomic E-state index is 0.322. The average Bonchev–Trinajstić information content (AvgIpc) is 3.18. The first-order chi connectivity index (χ1) is 13.1. The molecular weight excluding hydrogens is 334 g/mol. The van der Waals surface area contributed by atoms with Gasteiger partial charge in [0.2, 0.25) is 5.71 Å². The first kappa shape index (κ1) is 16.1. The molecule has 2 aromatic carbocycles. The van der Waals surface area contributed by atoms with Crippen molar-refractivity contribution in [1.82, 2.24) is 9.55 Å². The van der Waals surface area contributed by atoms with E-state index in [4.69, 9.17) is 4.42 Å². The second-order valence-corrected chi connectivity index (χ2v) is 7.43. The van der Waals surface area contributed by atoms with Gasteiger partial charge in [0.15, 0.2) is 16.6 Å². The maximum atomic E-state index is 6.27. The summed E-state index contributed by atoms with van der Waals surface area (Å²) in [6, 6.07) is 17.2. The lowest BCUT2D eigenvalue weighted by Crippen LogP contribution is -2.30. The van der Waals surface area contributed by atoms with Gasteiger partial charge >= 0.3 is 0 Å². The van der Waals surface area contributed by atoms with Crippen LogP contribution in [0.2, 0.25) is 0 Å². The molecule has 0 aliphatic carbocycles. The molecule has 0 aliphatic heterocycles. The third kappa shape index (κ3) is 2.16. The summed E-state index contributed by atoms with van der Waals surface area (Å²) in [5.41, 5.74) is 6.38. The molecule has 4 nitrogen and oxygen atoms in total. The highest BCUT2D eigenvalue weighted by atomic mass is 16.3. The lowest BCUT2D eigenvalue weighted by molar-refractivity contribution is -0.634. The Hall–Kier alpha value is -3.14. The SMILES string of the molecule is Cc1ccc2c(oc3ncccc32)c1-c1n(C(C)C)c2ccccc2[n+]1C. The van der Waals surface area contributed by atoms with Gasteiger partial charge in [0.25, 0.3) is 5.82 Å². The Morgan fingerprint density at radius 3 is 2.63 bits per heavy atom. The number of fused-ring (bicyclic) bond motifs is 4. The maximum Gasteiger partial charge on any atom is 0.293 e. The highest BCUT2D eigenvalue weighted by molar-refractivity contribution is 6.08. The van der Waals surface area contributed by atoms with E-state index in [2.05, 4.69) is 84.4 Å². The van der Waals surface area contributed by atoms with Gasteiger partial charge in [-0.2, -0.15) is 0 Å². The van der Waals surface area contributed by atoms with Gasteiger partial charge in [-0.1, -0.05) is 24.3 Å². The van der Waals surface area contributed by atoms with Crippen LogP contribution in [0.3, 0.4) is 0 Å². The van der Waals surface area contributed by atoms with Gasteiger partial charge in [-0.25, -0.2) is 14.1 Å². The fourth-order valence-electron chi connectivity index (χ4n) is 4.20. The van der Waals surface area contributed by atoms with Crippen LogP contribution in [0.4, 0.5) is 0 Å². The van der Waals surface area contributed by atoms with Crippen molar-refractivity contribution in [2.75, 3.05) is 0 Å². The van der Waals surface area contributed by atoms with Gasteiger partial charge in [-0.05, 0) is 50.6 Å². The van der Waals surface area contributed by atoms with Crippen molar-refractivity contribution in [3.63, 3.8) is 0 Å². The van der Waals surface area contributed by atoms with Gasteiger partial charge in [0, 0.05) is 17.0 Å². The molecule has 3 aromatic heterocycles. The summed E-state index contributed by atoms with van der Waals surface area (Å²) in [6.07, 6.45) is 1.78. The van der Waals surface area contributed by atoms with Crippen LogP contribution in [-0.2, 0) is 7.05 Å². The second kappa shape index (κ2) is 5.68. The number of aromatic nitrogens is 3. The molecule has 0 amide bonds. The summed E-state index contributed by atoms with van der Waals surface area (Å²) in [5, 5.41) is 2.17. The summed E-state index contributed by atoms with van der Waals surface area (Å²) in [7, 11) is 2.13. The zero-order valence-corrected chi connectivity index (χ0v) is 16.0. The molecule has 5 rings (SSSR count). The van der Waals surface area contributed by atoms with Gasteiger partial charge in [-0.15, -0.1) is 0 Å². The van der Waals surface area contributed by atoms with E-state index in [1.54, 1.807) is 6.20 Å². The predicted octanol–water partition coefficient (Wildman–Crippen LogP) is 5.32. The third-order valence-electron chi connectivity index (χ3n) is 5.41. The first-order valence-electron chi connectivity index (χ1n) is 9.34. The standard InChI is InChI=1S/C23H22N3O/c1-14(2)26-19-10-6-5-9-18(19)25(4)23(26)20-15(3)11-12-16-17-8-7-13-24-22(17)27-21(16)20/h5-14H,1-4H3/q+1. The van der Waals surface area contributed by atoms with E-state index in [1.807, 2.05) is 6.07 Å². The van der Waals surface area contributed by atoms with Crippen LogP contribution in [-0.4, -0.2) is 9.55 Å². The molecule has 0 bridgehead atoms. The summed E-state index contributed by atoms with van der Waals surface area (Å²) in [5.74, 6) is 1.16. The summed E-state index contributed by atoms with van der Waals surface area (Å²) in [4.78, 5) is 4.43. The number of aryl methyl sites for hydroxylation is 2. The van der Waals surface area contributed by atoms with Crippen molar-refractivity contribution >= 4 is 33.1 Å². The third-order valence-corrected chi connectivity index (χ3v) is 5.41. The number of hydrogen-bond acceptors (Lipinski definition) is 2. The van der Waals surface area contributed by atoms with Gasteiger partial charge in [-0.3, -0.25) is 0 Å². The molecule has 0 N–H and O–H groups in total. The summed E-state index contributed by atoms with van der Waals surface area (Å²) < 4.78 is 10.9. The van der Waals surface area contributed by atoms with Crippen molar-refractivity contribution in [3.05, 3.63) is 60.3 Å². The van der Waals surface area contributed by atoms with Gasteiger partial charge < -0.3 is 4.42 Å². The Balaban J connectivity index is 1.99. The Labute approximate surface area is 157 Å². The van der Waals surface area contributed by atoms with Crippen molar-refractivity contribution in [1.29, 1.82) is 0 Å². The van der Waals surface area contributed by atoms with E-state index in [0.717, 1.165) is 27.7 Å². The van der Waals surface area contributed by atoms with Crippen LogP contribution >= 0.6 is 0 Å². The summed E-state index contributed by atoms with van der Waals surface area (Å²) in [6.45, 7) is 6.61. The Morgan fingerprint density at radius 2 is 1.81 bits per heavy atom. The number of imidazole rings is 1. The Morgan fingerprint density at radius 1 is 1.00 bits per heavy atom. The Bertz CT molecular complexity index is 1320. The smallest absolute Gasteiger partial charge is 0.293 e. The summed E-state index contributed by atoms with van der Waals surface area (Å²) >= 11 is 0. The lowest BCUT2D eigenvalue weighted by atomic mass is 10.0. The number of pyridine rings is 1. The van der Waals surface area contributed by atoms with E-state index in [0.29, 0.717) is 11.8 Å². The number of para-hydroxylation sites is 2.